The van der Waals surface area contributed by atoms with Gasteiger partial charge in [-0.2, -0.15) is 0 Å². The third kappa shape index (κ3) is 9.30. The molecule has 6 rings (SSSR count). The Bertz CT molecular complexity index is 1810. The minimum atomic E-state index is -0.652. The fourth-order valence-corrected chi connectivity index (χ4v) is 7.55. The van der Waals surface area contributed by atoms with E-state index in [0.29, 0.717) is 69.2 Å². The van der Waals surface area contributed by atoms with Crippen molar-refractivity contribution >= 4 is 17.8 Å². The molecule has 0 unspecified atom stereocenters. The molecule has 54 heavy (non-hydrogen) atoms. The summed E-state index contributed by atoms with van der Waals surface area (Å²) in [5, 5.41) is 13.4. The highest BCUT2D eigenvalue weighted by Crippen LogP contribution is 2.37. The Hall–Kier alpha value is -5.18. The van der Waals surface area contributed by atoms with Crippen LogP contribution in [-0.4, -0.2) is 137 Å². The quantitative estimate of drug-likeness (QED) is 0.180. The number of carbonyl (C=O) groups is 3. The average Bonchev–Trinajstić information content (AvgIpc) is 3.76. The lowest BCUT2D eigenvalue weighted by Gasteiger charge is -2.43. The Morgan fingerprint density at radius 1 is 0.907 bits per heavy atom. The van der Waals surface area contributed by atoms with Crippen molar-refractivity contribution in [1.82, 2.24) is 45.3 Å². The number of aromatic nitrogens is 4. The van der Waals surface area contributed by atoms with Crippen LogP contribution in [0.1, 0.15) is 53.6 Å². The molecule has 0 aliphatic carbocycles. The molecule has 286 valence electrons. The van der Waals surface area contributed by atoms with Gasteiger partial charge in [0.05, 0.1) is 36.9 Å². The SMILES string of the molecule is CCOC(=O)CN1CCN(NC(=O)C2(c3ccccc3)CCN(CC[C@H](CN(C)C(=O)c3cc(-n4cnnn4)ccc3OC)c3ccccc3)CC2)CC1. The summed E-state index contributed by atoms with van der Waals surface area (Å²) < 4.78 is 12.2. The largest absolute Gasteiger partial charge is 0.496 e. The number of rotatable bonds is 15. The van der Waals surface area contributed by atoms with Gasteiger partial charge in [-0.25, -0.2) is 9.69 Å². The molecule has 2 fully saturated rings. The number of hydrogen-bond donors (Lipinski definition) is 1. The second-order valence-corrected chi connectivity index (χ2v) is 14.0. The number of piperazine rings is 1. The number of likely N-dealkylation sites (N-methyl/N-ethyl adjacent to an activating group) is 1. The standard InChI is InChI=1S/C40H51N9O5/c1-4-54-37(50)29-47-23-25-48(26-24-47)42-39(52)40(33-13-9-6-10-14-33)18-21-46(22-19-40)20-17-32(31-11-7-5-8-12-31)28-45(2)38(51)35-27-34(15-16-36(35)53-3)49-30-41-43-44-49/h5-16,27,30,32H,4,17-26,28-29H2,1-3H3,(H,42,52)/t32-/m1/s1. The van der Waals surface area contributed by atoms with Crippen molar-refractivity contribution < 1.29 is 23.9 Å². The van der Waals surface area contributed by atoms with E-state index in [1.807, 2.05) is 61.4 Å². The predicted molar refractivity (Wildman–Crippen MR) is 203 cm³/mol. The van der Waals surface area contributed by atoms with E-state index in [-0.39, 0.29) is 30.2 Å². The number of amides is 2. The zero-order valence-electron chi connectivity index (χ0n) is 31.5. The molecule has 3 aromatic carbocycles. The lowest BCUT2D eigenvalue weighted by atomic mass is 9.72. The highest BCUT2D eigenvalue weighted by molar-refractivity contribution is 5.97. The molecule has 14 heteroatoms. The van der Waals surface area contributed by atoms with Crippen LogP contribution in [0.4, 0.5) is 0 Å². The Labute approximate surface area is 317 Å². The molecule has 2 amide bonds. The van der Waals surface area contributed by atoms with Crippen LogP contribution in [0.2, 0.25) is 0 Å². The second-order valence-electron chi connectivity index (χ2n) is 14.0. The van der Waals surface area contributed by atoms with E-state index >= 15 is 0 Å². The van der Waals surface area contributed by atoms with Crippen LogP contribution in [0.15, 0.2) is 85.2 Å². The zero-order chi connectivity index (χ0) is 37.9. The number of carbonyl (C=O) groups excluding carboxylic acids is 3. The van der Waals surface area contributed by atoms with Gasteiger partial charge in [-0.1, -0.05) is 60.7 Å². The Morgan fingerprint density at radius 3 is 2.26 bits per heavy atom. The lowest BCUT2D eigenvalue weighted by molar-refractivity contribution is -0.145. The molecule has 4 aromatic rings. The molecule has 2 aliphatic rings. The van der Waals surface area contributed by atoms with Crippen LogP contribution >= 0.6 is 0 Å². The maximum absolute atomic E-state index is 14.2. The van der Waals surface area contributed by atoms with E-state index in [2.05, 4.69) is 55.0 Å². The predicted octanol–water partition coefficient (Wildman–Crippen LogP) is 3.16. The van der Waals surface area contributed by atoms with Gasteiger partial charge in [0.1, 0.15) is 12.1 Å². The number of methoxy groups -OCH3 is 1. The molecule has 0 bridgehead atoms. The van der Waals surface area contributed by atoms with Gasteiger partial charge < -0.3 is 19.3 Å². The minimum absolute atomic E-state index is 0.0223. The summed E-state index contributed by atoms with van der Waals surface area (Å²) in [7, 11) is 3.39. The first-order chi connectivity index (χ1) is 26.3. The van der Waals surface area contributed by atoms with Gasteiger partial charge in [0, 0.05) is 45.7 Å². The van der Waals surface area contributed by atoms with Crippen LogP contribution in [-0.2, 0) is 19.7 Å². The maximum Gasteiger partial charge on any atom is 0.320 e. The van der Waals surface area contributed by atoms with Crippen molar-refractivity contribution in [3.8, 4) is 11.4 Å². The first-order valence-corrected chi connectivity index (χ1v) is 18.7. The summed E-state index contributed by atoms with van der Waals surface area (Å²) in [5.74, 6) is 0.217. The van der Waals surface area contributed by atoms with Crippen molar-refractivity contribution in [3.63, 3.8) is 0 Å². The highest BCUT2D eigenvalue weighted by Gasteiger charge is 2.43. The summed E-state index contributed by atoms with van der Waals surface area (Å²) >= 11 is 0. The number of nitrogens with one attached hydrogen (secondary N) is 1. The first-order valence-electron chi connectivity index (χ1n) is 18.7. The van der Waals surface area contributed by atoms with Gasteiger partial charge >= 0.3 is 5.97 Å². The molecule has 3 heterocycles. The van der Waals surface area contributed by atoms with Gasteiger partial charge in [-0.15, -0.1) is 5.10 Å². The molecule has 14 nitrogen and oxygen atoms in total. The lowest BCUT2D eigenvalue weighted by Crippen LogP contribution is -2.59. The van der Waals surface area contributed by atoms with Crippen molar-refractivity contribution in [2.75, 3.05) is 79.7 Å². The van der Waals surface area contributed by atoms with Crippen LogP contribution in [0.3, 0.4) is 0 Å². The molecule has 0 spiro atoms. The Balaban J connectivity index is 1.09. The Morgan fingerprint density at radius 2 is 1.61 bits per heavy atom. The molecular formula is C40H51N9O5. The summed E-state index contributed by atoms with van der Waals surface area (Å²) in [5.41, 5.74) is 5.90. The smallest absolute Gasteiger partial charge is 0.320 e. The maximum atomic E-state index is 14.2. The van der Waals surface area contributed by atoms with Gasteiger partial charge in [-0.05, 0) is 85.6 Å². The van der Waals surface area contributed by atoms with Gasteiger partial charge in [-0.3, -0.25) is 24.7 Å². The number of hydrogen-bond acceptors (Lipinski definition) is 11. The number of piperidine rings is 1. The summed E-state index contributed by atoms with van der Waals surface area (Å²) in [6.07, 6.45) is 3.71. The third-order valence-electron chi connectivity index (χ3n) is 10.7. The third-order valence-corrected chi connectivity index (χ3v) is 10.7. The summed E-state index contributed by atoms with van der Waals surface area (Å²) in [6.45, 7) is 7.95. The van der Waals surface area contributed by atoms with Crippen molar-refractivity contribution in [3.05, 3.63) is 102 Å². The first kappa shape index (κ1) is 38.5. The van der Waals surface area contributed by atoms with E-state index in [0.717, 1.165) is 31.6 Å². The number of likely N-dealkylation sites (tertiary alicyclic amines) is 1. The van der Waals surface area contributed by atoms with Crippen molar-refractivity contribution in [2.24, 2.45) is 0 Å². The molecule has 1 N–H and O–H groups in total. The Kier molecular flexibility index (Phi) is 13.0. The molecular weight excluding hydrogens is 686 g/mol. The average molecular weight is 738 g/mol. The monoisotopic (exact) mass is 737 g/mol. The van der Waals surface area contributed by atoms with E-state index in [4.69, 9.17) is 9.47 Å². The number of tetrazole rings is 1. The molecule has 2 aliphatic heterocycles. The van der Waals surface area contributed by atoms with E-state index in [1.165, 1.54) is 16.6 Å². The fraction of sp³-hybridized carbons (Fsp3) is 0.450. The zero-order valence-corrected chi connectivity index (χ0v) is 31.5. The minimum Gasteiger partial charge on any atom is -0.496 e. The fourth-order valence-electron chi connectivity index (χ4n) is 7.55. The van der Waals surface area contributed by atoms with E-state index in [9.17, 15) is 14.4 Å². The molecule has 1 aromatic heterocycles. The van der Waals surface area contributed by atoms with Gasteiger partial charge in [0.2, 0.25) is 5.91 Å². The van der Waals surface area contributed by atoms with Crippen LogP contribution in [0.25, 0.3) is 5.69 Å². The molecule has 0 saturated carbocycles. The topological polar surface area (TPSA) is 138 Å². The molecule has 0 radical (unpaired) electrons. The number of nitrogens with zero attached hydrogens (tertiary/aromatic N) is 8. The molecule has 1 atom stereocenters. The van der Waals surface area contributed by atoms with Gasteiger partial charge in [0.15, 0.2) is 0 Å². The van der Waals surface area contributed by atoms with Gasteiger partial charge in [0.25, 0.3) is 5.91 Å². The summed E-state index contributed by atoms with van der Waals surface area (Å²) in [4.78, 5) is 46.4. The van der Waals surface area contributed by atoms with Crippen molar-refractivity contribution in [2.45, 2.75) is 37.5 Å². The number of esters is 1. The number of ether oxygens (including phenoxy) is 2. The van der Waals surface area contributed by atoms with E-state index < -0.39 is 5.41 Å². The number of hydrazine groups is 1. The van der Waals surface area contributed by atoms with Crippen molar-refractivity contribution in [1.29, 1.82) is 0 Å². The van der Waals surface area contributed by atoms with Crippen LogP contribution in [0, 0.1) is 0 Å². The normalized spacial score (nSPS) is 17.0. The second kappa shape index (κ2) is 18.2. The van der Waals surface area contributed by atoms with Crippen LogP contribution in [0.5, 0.6) is 5.75 Å². The highest BCUT2D eigenvalue weighted by atomic mass is 16.5. The summed E-state index contributed by atoms with van der Waals surface area (Å²) in [6, 6.07) is 25.8. The van der Waals surface area contributed by atoms with Crippen LogP contribution < -0.4 is 10.2 Å². The van der Waals surface area contributed by atoms with E-state index in [1.54, 1.807) is 24.1 Å². The number of benzene rings is 3. The molecule has 2 saturated heterocycles.